The minimum absolute atomic E-state index is 0.870. The van der Waals surface area contributed by atoms with Crippen LogP contribution >= 0.6 is 0 Å². The first kappa shape index (κ1) is 28.8. The lowest BCUT2D eigenvalue weighted by Gasteiger charge is -2.26. The minimum atomic E-state index is -4.16. The average Bonchev–Trinajstić information content (AvgIpc) is 2.71. The summed E-state index contributed by atoms with van der Waals surface area (Å²) in [4.78, 5) is 2.69. The Morgan fingerprint density at radius 3 is 1.38 bits per heavy atom. The monoisotopic (exact) mass is 435 g/mol. The van der Waals surface area contributed by atoms with Gasteiger partial charge in [0.05, 0.1) is 7.11 Å². The second-order valence-corrected chi connectivity index (χ2v) is 9.64. The van der Waals surface area contributed by atoms with E-state index in [2.05, 4.69) is 16.0 Å². The van der Waals surface area contributed by atoms with Gasteiger partial charge in [-0.1, -0.05) is 103 Å². The Balaban J connectivity index is 0.00000113. The van der Waals surface area contributed by atoms with E-state index >= 15 is 0 Å². The summed E-state index contributed by atoms with van der Waals surface area (Å²) in [5.41, 5.74) is 0. The highest BCUT2D eigenvalue weighted by atomic mass is 32.3. The normalized spacial score (nSPS) is 15.1. The molecule has 1 saturated heterocycles. The zero-order valence-corrected chi connectivity index (χ0v) is 20.2. The number of unbranched alkanes of at least 4 members (excludes halogenated alkanes) is 14. The first-order valence-electron chi connectivity index (χ1n) is 12.2. The molecular formula is C23H49NO4S. The molecule has 0 radical (unpaired) electrons. The van der Waals surface area contributed by atoms with Gasteiger partial charge in [0.1, 0.15) is 0 Å². The Morgan fingerprint density at radius 2 is 1.03 bits per heavy atom. The highest BCUT2D eigenvalue weighted by Crippen LogP contribution is 2.14. The molecule has 1 N–H and O–H groups in total. The first-order chi connectivity index (χ1) is 14.0. The van der Waals surface area contributed by atoms with Gasteiger partial charge in [-0.05, 0) is 38.9 Å². The summed E-state index contributed by atoms with van der Waals surface area (Å²) in [5, 5.41) is 0. The molecule has 0 bridgehead atoms. The molecule has 29 heavy (non-hydrogen) atoms. The SMILES string of the molecule is CCCCCCCCCCCCCCCCCN1CCCCC1.COS(=O)(=O)O. The van der Waals surface area contributed by atoms with Crippen LogP contribution in [0.3, 0.4) is 0 Å². The molecule has 0 atom stereocenters. The summed E-state index contributed by atoms with van der Waals surface area (Å²) in [6, 6.07) is 0. The second-order valence-electron chi connectivity index (χ2n) is 8.45. The highest BCUT2D eigenvalue weighted by Gasteiger charge is 2.08. The van der Waals surface area contributed by atoms with Crippen molar-refractivity contribution in [3.63, 3.8) is 0 Å². The summed E-state index contributed by atoms with van der Waals surface area (Å²) in [7, 11) is -3.29. The topological polar surface area (TPSA) is 66.8 Å². The summed E-state index contributed by atoms with van der Waals surface area (Å²) in [6.45, 7) is 6.42. The van der Waals surface area contributed by atoms with E-state index in [4.69, 9.17) is 4.55 Å². The van der Waals surface area contributed by atoms with Gasteiger partial charge in [-0.25, -0.2) is 0 Å². The zero-order chi connectivity index (χ0) is 21.6. The van der Waals surface area contributed by atoms with Gasteiger partial charge in [-0.2, -0.15) is 8.42 Å². The third kappa shape index (κ3) is 24.0. The van der Waals surface area contributed by atoms with Crippen LogP contribution in [0.2, 0.25) is 0 Å². The summed E-state index contributed by atoms with van der Waals surface area (Å²) >= 11 is 0. The largest absolute Gasteiger partial charge is 0.397 e. The number of hydrogen-bond acceptors (Lipinski definition) is 4. The van der Waals surface area contributed by atoms with Crippen molar-refractivity contribution in [1.29, 1.82) is 0 Å². The van der Waals surface area contributed by atoms with Crippen molar-refractivity contribution >= 4 is 10.4 Å². The van der Waals surface area contributed by atoms with Crippen molar-refractivity contribution in [2.45, 2.75) is 122 Å². The molecule has 0 unspecified atom stereocenters. The minimum Gasteiger partial charge on any atom is -0.303 e. The third-order valence-electron chi connectivity index (χ3n) is 5.74. The highest BCUT2D eigenvalue weighted by molar-refractivity contribution is 7.80. The fourth-order valence-electron chi connectivity index (χ4n) is 3.89. The van der Waals surface area contributed by atoms with Crippen LogP contribution in [0.5, 0.6) is 0 Å². The quantitative estimate of drug-likeness (QED) is 0.201. The van der Waals surface area contributed by atoms with Gasteiger partial charge in [-0.3, -0.25) is 8.74 Å². The Labute approximate surface area is 181 Å². The lowest BCUT2D eigenvalue weighted by Crippen LogP contribution is -2.30. The summed E-state index contributed by atoms with van der Waals surface area (Å²) in [5.74, 6) is 0. The van der Waals surface area contributed by atoms with Crippen LogP contribution in [-0.2, 0) is 14.6 Å². The predicted octanol–water partition coefficient (Wildman–Crippen LogP) is 6.78. The van der Waals surface area contributed by atoms with Crippen LogP contribution in [0.25, 0.3) is 0 Å². The lowest BCUT2D eigenvalue weighted by atomic mass is 10.0. The second kappa shape index (κ2) is 21.1. The fourth-order valence-corrected chi connectivity index (χ4v) is 3.89. The molecule has 1 aliphatic heterocycles. The molecule has 0 spiro atoms. The van der Waals surface area contributed by atoms with E-state index < -0.39 is 10.4 Å². The molecule has 6 heteroatoms. The molecule has 0 saturated carbocycles. The zero-order valence-electron chi connectivity index (χ0n) is 19.4. The van der Waals surface area contributed by atoms with Crippen molar-refractivity contribution in [1.82, 2.24) is 4.90 Å². The van der Waals surface area contributed by atoms with E-state index in [0.717, 1.165) is 7.11 Å². The number of likely N-dealkylation sites (tertiary alicyclic amines) is 1. The van der Waals surface area contributed by atoms with Crippen molar-refractivity contribution in [3.05, 3.63) is 0 Å². The van der Waals surface area contributed by atoms with Gasteiger partial charge in [0, 0.05) is 0 Å². The third-order valence-corrected chi connectivity index (χ3v) is 6.16. The van der Waals surface area contributed by atoms with Crippen LogP contribution in [0, 0.1) is 0 Å². The van der Waals surface area contributed by atoms with Gasteiger partial charge in [0.25, 0.3) is 0 Å². The Hall–Kier alpha value is -0.170. The van der Waals surface area contributed by atoms with Gasteiger partial charge >= 0.3 is 10.4 Å². The maximum atomic E-state index is 9.33. The summed E-state index contributed by atoms with van der Waals surface area (Å²) in [6.07, 6.45) is 26.4. The van der Waals surface area contributed by atoms with Gasteiger partial charge in [0.15, 0.2) is 0 Å². The fraction of sp³-hybridized carbons (Fsp3) is 1.00. The number of rotatable bonds is 17. The molecule has 0 amide bonds. The standard InChI is InChI=1S/C22H45N.CH4O4S/c1-2-3-4-5-6-7-8-9-10-11-12-13-14-15-17-20-23-21-18-16-19-22-23;1-5-6(2,3)4/h2-22H2,1H3;1H3,(H,2,3,4). The number of hydrogen-bond donors (Lipinski definition) is 1. The first-order valence-corrected chi connectivity index (χ1v) is 13.6. The van der Waals surface area contributed by atoms with Crippen LogP contribution in [-0.4, -0.2) is 44.6 Å². The average molecular weight is 436 g/mol. The van der Waals surface area contributed by atoms with Crippen LogP contribution in [0.1, 0.15) is 122 Å². The number of nitrogens with zero attached hydrogens (tertiary/aromatic N) is 1. The van der Waals surface area contributed by atoms with Gasteiger partial charge in [-0.15, -0.1) is 0 Å². The Morgan fingerprint density at radius 1 is 0.690 bits per heavy atom. The van der Waals surface area contributed by atoms with E-state index in [1.807, 2.05) is 0 Å². The Bertz CT molecular complexity index is 423. The molecule has 1 fully saturated rings. The van der Waals surface area contributed by atoms with Crippen molar-refractivity contribution in [2.75, 3.05) is 26.7 Å². The molecule has 0 aromatic rings. The van der Waals surface area contributed by atoms with Gasteiger partial charge < -0.3 is 4.90 Å². The van der Waals surface area contributed by atoms with E-state index in [1.54, 1.807) is 0 Å². The molecular weight excluding hydrogens is 386 g/mol. The molecule has 1 heterocycles. The van der Waals surface area contributed by atoms with Crippen LogP contribution < -0.4 is 0 Å². The lowest BCUT2D eigenvalue weighted by molar-refractivity contribution is 0.224. The smallest absolute Gasteiger partial charge is 0.303 e. The van der Waals surface area contributed by atoms with Crippen LogP contribution in [0.4, 0.5) is 0 Å². The maximum Gasteiger partial charge on any atom is 0.397 e. The van der Waals surface area contributed by atoms with Crippen molar-refractivity contribution in [2.24, 2.45) is 0 Å². The molecule has 176 valence electrons. The van der Waals surface area contributed by atoms with E-state index in [9.17, 15) is 8.42 Å². The van der Waals surface area contributed by atoms with E-state index in [1.165, 1.54) is 135 Å². The van der Waals surface area contributed by atoms with E-state index in [-0.39, 0.29) is 0 Å². The summed E-state index contributed by atoms with van der Waals surface area (Å²) < 4.78 is 29.7. The maximum absolute atomic E-state index is 9.33. The van der Waals surface area contributed by atoms with Crippen molar-refractivity contribution < 1.29 is 17.2 Å². The molecule has 0 aromatic carbocycles. The number of piperidine rings is 1. The predicted molar refractivity (Wildman–Crippen MR) is 124 cm³/mol. The van der Waals surface area contributed by atoms with Crippen LogP contribution in [0.15, 0.2) is 0 Å². The molecule has 0 aromatic heterocycles. The van der Waals surface area contributed by atoms with Gasteiger partial charge in [0.2, 0.25) is 0 Å². The molecule has 1 aliphatic rings. The van der Waals surface area contributed by atoms with E-state index in [0.29, 0.717) is 0 Å². The Kier molecular flexibility index (Phi) is 21.0. The molecule has 1 rings (SSSR count). The van der Waals surface area contributed by atoms with Crippen molar-refractivity contribution in [3.8, 4) is 0 Å². The molecule has 0 aliphatic carbocycles. The molecule has 5 nitrogen and oxygen atoms in total.